The molecule has 1 fully saturated rings. The number of anilines is 1. The molecule has 0 spiro atoms. The summed E-state index contributed by atoms with van der Waals surface area (Å²) in [6, 6.07) is -0.0629. The van der Waals surface area contributed by atoms with Crippen LogP contribution in [0, 0.1) is 12.8 Å². The summed E-state index contributed by atoms with van der Waals surface area (Å²) in [7, 11) is 0. The van der Waals surface area contributed by atoms with Gasteiger partial charge in [0.05, 0.1) is 5.69 Å². The first-order chi connectivity index (χ1) is 10.1. The lowest BCUT2D eigenvalue weighted by Gasteiger charge is -2.37. The van der Waals surface area contributed by atoms with Crippen molar-refractivity contribution < 1.29 is 17.6 Å². The van der Waals surface area contributed by atoms with E-state index in [1.165, 1.54) is 6.33 Å². The summed E-state index contributed by atoms with van der Waals surface area (Å²) < 4.78 is 52.2. The van der Waals surface area contributed by atoms with Crippen LogP contribution in [-0.4, -0.2) is 27.9 Å². The third-order valence-corrected chi connectivity index (χ3v) is 4.81. The normalized spacial score (nSPS) is 25.6. The highest BCUT2D eigenvalue weighted by atomic mass is 35.5. The van der Waals surface area contributed by atoms with Gasteiger partial charge >= 0.3 is 6.18 Å². The molecule has 1 aromatic rings. The van der Waals surface area contributed by atoms with Crippen molar-refractivity contribution in [3.8, 4) is 0 Å². The van der Waals surface area contributed by atoms with Crippen LogP contribution in [0.2, 0.25) is 5.02 Å². The van der Waals surface area contributed by atoms with Gasteiger partial charge in [0.1, 0.15) is 17.2 Å². The zero-order chi connectivity index (χ0) is 16.5. The Morgan fingerprint density at radius 2 is 1.73 bits per heavy atom. The molecule has 1 heterocycles. The van der Waals surface area contributed by atoms with Gasteiger partial charge in [0, 0.05) is 12.0 Å². The van der Waals surface area contributed by atoms with Gasteiger partial charge in [0.25, 0.3) is 0 Å². The molecular weight excluding hydrogens is 322 g/mol. The Hall–Kier alpha value is -1.11. The maximum absolute atomic E-state index is 14.0. The van der Waals surface area contributed by atoms with Gasteiger partial charge in [-0.15, -0.1) is 0 Å². The van der Waals surface area contributed by atoms with E-state index in [4.69, 9.17) is 11.6 Å². The second-order valence-corrected chi connectivity index (χ2v) is 6.27. The number of rotatable bonds is 3. The molecule has 0 bridgehead atoms. The summed E-state index contributed by atoms with van der Waals surface area (Å²) in [4.78, 5) is 7.98. The van der Waals surface area contributed by atoms with Gasteiger partial charge in [-0.2, -0.15) is 13.2 Å². The van der Waals surface area contributed by atoms with Crippen molar-refractivity contribution in [3.63, 3.8) is 0 Å². The Balaban J connectivity index is 1.97. The zero-order valence-corrected chi connectivity index (χ0v) is 13.1. The van der Waals surface area contributed by atoms with E-state index in [9.17, 15) is 17.6 Å². The monoisotopic (exact) mass is 339 g/mol. The molecule has 3 nitrogen and oxygen atoms in total. The van der Waals surface area contributed by atoms with Gasteiger partial charge < -0.3 is 5.32 Å². The smallest absolute Gasteiger partial charge is 0.366 e. The van der Waals surface area contributed by atoms with Crippen LogP contribution >= 0.6 is 11.6 Å². The minimum Gasteiger partial charge on any atom is -0.366 e. The fourth-order valence-corrected chi connectivity index (χ4v) is 2.92. The Labute approximate surface area is 131 Å². The molecule has 124 valence electrons. The topological polar surface area (TPSA) is 37.8 Å². The Morgan fingerprint density at radius 1 is 1.14 bits per heavy atom. The van der Waals surface area contributed by atoms with Crippen molar-refractivity contribution in [1.82, 2.24) is 9.97 Å². The first-order valence-electron chi connectivity index (χ1n) is 7.12. The van der Waals surface area contributed by atoms with E-state index in [1.807, 2.05) is 0 Å². The molecule has 0 aromatic carbocycles. The van der Waals surface area contributed by atoms with E-state index in [0.717, 1.165) is 0 Å². The van der Waals surface area contributed by atoms with Gasteiger partial charge in [0.2, 0.25) is 5.67 Å². The van der Waals surface area contributed by atoms with Crippen molar-refractivity contribution in [3.05, 3.63) is 17.0 Å². The number of aryl methyl sites for hydroxylation is 1. The van der Waals surface area contributed by atoms with E-state index in [-0.39, 0.29) is 18.9 Å². The van der Waals surface area contributed by atoms with Gasteiger partial charge in [-0.05, 0) is 39.5 Å². The molecule has 1 aliphatic rings. The van der Waals surface area contributed by atoms with Crippen LogP contribution < -0.4 is 5.32 Å². The van der Waals surface area contributed by atoms with E-state index >= 15 is 0 Å². The van der Waals surface area contributed by atoms with Crippen LogP contribution in [0.1, 0.15) is 38.3 Å². The van der Waals surface area contributed by atoms with Crippen LogP contribution in [0.4, 0.5) is 23.4 Å². The van der Waals surface area contributed by atoms with Gasteiger partial charge in [-0.3, -0.25) is 0 Å². The summed E-state index contributed by atoms with van der Waals surface area (Å²) >= 11 is 6.08. The average molecular weight is 340 g/mol. The molecule has 0 amide bonds. The molecule has 2 rings (SSSR count). The highest BCUT2D eigenvalue weighted by molar-refractivity contribution is 6.33. The zero-order valence-electron chi connectivity index (χ0n) is 12.3. The average Bonchev–Trinajstić information content (AvgIpc) is 2.43. The van der Waals surface area contributed by atoms with Crippen molar-refractivity contribution in [2.45, 2.75) is 57.4 Å². The molecule has 1 unspecified atom stereocenters. The van der Waals surface area contributed by atoms with Crippen molar-refractivity contribution in [2.75, 3.05) is 5.32 Å². The SMILES string of the molecule is Cc1ncnc(NC2CCC(C(C)(F)C(F)(F)F)CC2)c1Cl. The Bertz CT molecular complexity index is 525. The summed E-state index contributed by atoms with van der Waals surface area (Å²) in [5.41, 5.74) is -2.51. The third-order valence-electron chi connectivity index (χ3n) is 4.35. The third kappa shape index (κ3) is 3.45. The van der Waals surface area contributed by atoms with Crippen LogP contribution in [0.25, 0.3) is 0 Å². The highest BCUT2D eigenvalue weighted by Crippen LogP contribution is 2.45. The minimum atomic E-state index is -4.83. The molecule has 8 heteroatoms. The lowest BCUT2D eigenvalue weighted by Crippen LogP contribution is -2.47. The second kappa shape index (κ2) is 6.18. The number of halogens is 5. The molecular formula is C14H18ClF4N3. The number of nitrogens with zero attached hydrogens (tertiary/aromatic N) is 2. The molecule has 22 heavy (non-hydrogen) atoms. The van der Waals surface area contributed by atoms with Crippen molar-refractivity contribution in [1.29, 1.82) is 0 Å². The summed E-state index contributed by atoms with van der Waals surface area (Å²) in [6.45, 7) is 2.38. The molecule has 1 atom stereocenters. The van der Waals surface area contributed by atoms with E-state index < -0.39 is 17.8 Å². The first-order valence-corrected chi connectivity index (χ1v) is 7.50. The molecule has 1 aliphatic carbocycles. The van der Waals surface area contributed by atoms with Crippen LogP contribution in [0.5, 0.6) is 0 Å². The molecule has 0 aliphatic heterocycles. The fourth-order valence-electron chi connectivity index (χ4n) is 2.76. The highest BCUT2D eigenvalue weighted by Gasteiger charge is 2.57. The summed E-state index contributed by atoms with van der Waals surface area (Å²) in [5.74, 6) is -0.537. The van der Waals surface area contributed by atoms with Gasteiger partial charge in [0.15, 0.2) is 0 Å². The van der Waals surface area contributed by atoms with Crippen LogP contribution in [0.15, 0.2) is 6.33 Å². The summed E-state index contributed by atoms with van der Waals surface area (Å²) in [5, 5.41) is 3.51. The molecule has 1 N–H and O–H groups in total. The van der Waals surface area contributed by atoms with Crippen LogP contribution in [-0.2, 0) is 0 Å². The van der Waals surface area contributed by atoms with E-state index in [1.54, 1.807) is 6.92 Å². The number of aromatic nitrogens is 2. The summed E-state index contributed by atoms with van der Waals surface area (Å²) in [6.07, 6.45) is -2.22. The number of hydrogen-bond donors (Lipinski definition) is 1. The number of nitrogens with one attached hydrogen (secondary N) is 1. The predicted octanol–water partition coefficient (Wildman–Crippen LogP) is 4.70. The van der Waals surface area contributed by atoms with Crippen molar-refractivity contribution in [2.24, 2.45) is 5.92 Å². The van der Waals surface area contributed by atoms with Crippen LogP contribution in [0.3, 0.4) is 0 Å². The minimum absolute atomic E-state index is 0.0629. The quantitative estimate of drug-likeness (QED) is 0.811. The van der Waals surface area contributed by atoms with E-state index in [0.29, 0.717) is 36.3 Å². The lowest BCUT2D eigenvalue weighted by molar-refractivity contribution is -0.244. The van der Waals surface area contributed by atoms with Gasteiger partial charge in [-0.1, -0.05) is 11.6 Å². The van der Waals surface area contributed by atoms with Gasteiger partial charge in [-0.25, -0.2) is 14.4 Å². The number of hydrogen-bond acceptors (Lipinski definition) is 3. The first kappa shape index (κ1) is 17.2. The molecule has 1 aromatic heterocycles. The number of alkyl halides is 4. The standard InChI is InChI=1S/C14H18ClF4N3/c1-8-11(15)12(21-7-20-8)22-10-5-3-9(4-6-10)13(2,16)14(17,18)19/h7,9-10H,3-6H2,1-2H3,(H,20,21,22). The molecule has 0 saturated heterocycles. The molecule has 1 saturated carbocycles. The Kier molecular flexibility index (Phi) is 4.84. The predicted molar refractivity (Wildman–Crippen MR) is 76.7 cm³/mol. The maximum atomic E-state index is 14.0. The maximum Gasteiger partial charge on any atom is 0.422 e. The lowest BCUT2D eigenvalue weighted by atomic mass is 9.77. The Morgan fingerprint density at radius 3 is 2.27 bits per heavy atom. The molecule has 0 radical (unpaired) electrons. The fraction of sp³-hybridized carbons (Fsp3) is 0.714. The van der Waals surface area contributed by atoms with Crippen molar-refractivity contribution >= 4 is 17.4 Å². The van der Waals surface area contributed by atoms with E-state index in [2.05, 4.69) is 15.3 Å². The largest absolute Gasteiger partial charge is 0.422 e. The second-order valence-electron chi connectivity index (χ2n) is 5.89.